The molecule has 0 atom stereocenters. The summed E-state index contributed by atoms with van der Waals surface area (Å²) in [7, 11) is 1.55. The molecule has 0 N–H and O–H groups in total. The van der Waals surface area contributed by atoms with Crippen molar-refractivity contribution in [1.29, 1.82) is 0 Å². The summed E-state index contributed by atoms with van der Waals surface area (Å²) in [4.78, 5) is 25.3. The van der Waals surface area contributed by atoms with Crippen LogP contribution >= 0.6 is 0 Å². The van der Waals surface area contributed by atoms with Gasteiger partial charge in [-0.25, -0.2) is 4.79 Å². The highest BCUT2D eigenvalue weighted by Gasteiger charge is 2.13. The Bertz CT molecular complexity index is 1540. The second-order valence-corrected chi connectivity index (χ2v) is 7.70. The predicted molar refractivity (Wildman–Crippen MR) is 132 cm³/mol. The maximum atomic E-state index is 12.9. The van der Waals surface area contributed by atoms with Gasteiger partial charge in [0.15, 0.2) is 0 Å². The van der Waals surface area contributed by atoms with Crippen molar-refractivity contribution in [2.75, 3.05) is 7.11 Å². The van der Waals surface area contributed by atoms with Crippen LogP contribution in [0.1, 0.15) is 10.4 Å². The van der Waals surface area contributed by atoms with E-state index in [-0.39, 0.29) is 22.5 Å². The first-order chi connectivity index (χ1) is 17.1. The van der Waals surface area contributed by atoms with Gasteiger partial charge >= 0.3 is 5.97 Å². The van der Waals surface area contributed by atoms with Gasteiger partial charge in [-0.1, -0.05) is 42.5 Å². The molecule has 0 bridgehead atoms. The van der Waals surface area contributed by atoms with Crippen LogP contribution in [0, 0.1) is 0 Å². The van der Waals surface area contributed by atoms with Crippen molar-refractivity contribution in [2.24, 2.45) is 0 Å². The van der Waals surface area contributed by atoms with Gasteiger partial charge in [-0.05, 0) is 59.7 Å². The summed E-state index contributed by atoms with van der Waals surface area (Å²) in [6.07, 6.45) is 1.25. The van der Waals surface area contributed by atoms with Crippen molar-refractivity contribution in [3.05, 3.63) is 119 Å². The van der Waals surface area contributed by atoms with Crippen molar-refractivity contribution in [3.63, 3.8) is 0 Å². The lowest BCUT2D eigenvalue weighted by molar-refractivity contribution is 0.0735. The third kappa shape index (κ3) is 4.77. The Balaban J connectivity index is 1.33. The number of fused-ring (bicyclic) bond motifs is 1. The van der Waals surface area contributed by atoms with E-state index in [1.54, 1.807) is 55.6 Å². The van der Waals surface area contributed by atoms with E-state index >= 15 is 0 Å². The highest BCUT2D eigenvalue weighted by molar-refractivity contribution is 5.91. The van der Waals surface area contributed by atoms with E-state index in [1.807, 2.05) is 42.5 Å². The zero-order valence-electron chi connectivity index (χ0n) is 18.8. The molecule has 0 spiro atoms. The molecule has 4 aromatic carbocycles. The van der Waals surface area contributed by atoms with Crippen LogP contribution in [0.4, 0.5) is 0 Å². The van der Waals surface area contributed by atoms with Gasteiger partial charge in [0, 0.05) is 6.07 Å². The molecular formula is C29H20O6. The number of methoxy groups -OCH3 is 1. The van der Waals surface area contributed by atoms with Crippen LogP contribution in [0.25, 0.3) is 22.1 Å². The zero-order chi connectivity index (χ0) is 24.2. The van der Waals surface area contributed by atoms with Crippen LogP contribution in [0.15, 0.2) is 113 Å². The summed E-state index contributed by atoms with van der Waals surface area (Å²) in [5.74, 6) is 0.938. The van der Waals surface area contributed by atoms with Gasteiger partial charge in [-0.3, -0.25) is 4.79 Å². The third-order valence-corrected chi connectivity index (χ3v) is 5.44. The average Bonchev–Trinajstić information content (AvgIpc) is 2.91. The van der Waals surface area contributed by atoms with Gasteiger partial charge in [0.2, 0.25) is 11.2 Å². The Morgan fingerprint density at radius 1 is 0.743 bits per heavy atom. The molecular weight excluding hydrogens is 444 g/mol. The highest BCUT2D eigenvalue weighted by atomic mass is 16.5. The van der Waals surface area contributed by atoms with Crippen LogP contribution in [0.5, 0.6) is 23.0 Å². The van der Waals surface area contributed by atoms with Gasteiger partial charge in [0.25, 0.3) is 0 Å². The highest BCUT2D eigenvalue weighted by Crippen LogP contribution is 2.27. The Kier molecular flexibility index (Phi) is 6.01. The fourth-order valence-electron chi connectivity index (χ4n) is 3.59. The van der Waals surface area contributed by atoms with Crippen LogP contribution in [-0.2, 0) is 0 Å². The molecule has 0 fully saturated rings. The van der Waals surface area contributed by atoms with E-state index in [0.29, 0.717) is 22.4 Å². The number of carbonyl (C=O) groups is 1. The molecule has 35 heavy (non-hydrogen) atoms. The molecule has 0 radical (unpaired) electrons. The van der Waals surface area contributed by atoms with E-state index < -0.39 is 5.97 Å². The number of esters is 1. The average molecular weight is 464 g/mol. The van der Waals surface area contributed by atoms with Gasteiger partial charge in [-0.2, -0.15) is 0 Å². The maximum Gasteiger partial charge on any atom is 0.343 e. The number of hydrogen-bond acceptors (Lipinski definition) is 6. The molecule has 6 nitrogen and oxygen atoms in total. The molecule has 0 aliphatic heterocycles. The fourth-order valence-corrected chi connectivity index (χ4v) is 3.59. The molecule has 1 aromatic heterocycles. The summed E-state index contributed by atoms with van der Waals surface area (Å²) in [6, 6.07) is 28.6. The summed E-state index contributed by atoms with van der Waals surface area (Å²) < 4.78 is 21.9. The smallest absolute Gasteiger partial charge is 0.343 e. The van der Waals surface area contributed by atoms with Gasteiger partial charge in [-0.15, -0.1) is 0 Å². The molecule has 0 saturated carbocycles. The molecule has 172 valence electrons. The van der Waals surface area contributed by atoms with Crippen molar-refractivity contribution in [2.45, 2.75) is 0 Å². The first kappa shape index (κ1) is 22.0. The number of carbonyl (C=O) groups excluding carboxylic acids is 1. The molecule has 6 heteroatoms. The molecule has 0 aliphatic rings. The summed E-state index contributed by atoms with van der Waals surface area (Å²) >= 11 is 0. The molecule has 5 rings (SSSR count). The van der Waals surface area contributed by atoms with Crippen molar-refractivity contribution in [1.82, 2.24) is 0 Å². The SMILES string of the molecule is COc1ccc(C(=O)Oc2ccc3c(=O)c(Oc4ccc(-c5ccccc5)cc4)coc3c2)cc1. The van der Waals surface area contributed by atoms with Crippen molar-refractivity contribution in [3.8, 4) is 34.1 Å². The van der Waals surface area contributed by atoms with Crippen LogP contribution in [0.3, 0.4) is 0 Å². The van der Waals surface area contributed by atoms with Crippen LogP contribution < -0.4 is 19.6 Å². The Morgan fingerprint density at radius 3 is 2.11 bits per heavy atom. The number of hydrogen-bond donors (Lipinski definition) is 0. The largest absolute Gasteiger partial charge is 0.497 e. The van der Waals surface area contributed by atoms with Gasteiger partial charge in [0.05, 0.1) is 18.1 Å². The molecule has 1 heterocycles. The Hall–Kier alpha value is -4.84. The van der Waals surface area contributed by atoms with Crippen molar-refractivity contribution < 1.29 is 23.4 Å². The molecule has 5 aromatic rings. The van der Waals surface area contributed by atoms with E-state index in [9.17, 15) is 9.59 Å². The number of rotatable bonds is 6. The third-order valence-electron chi connectivity index (χ3n) is 5.44. The Morgan fingerprint density at radius 2 is 1.40 bits per heavy atom. The van der Waals surface area contributed by atoms with Crippen molar-refractivity contribution >= 4 is 16.9 Å². The minimum Gasteiger partial charge on any atom is -0.497 e. The molecule has 0 aliphatic carbocycles. The monoisotopic (exact) mass is 464 g/mol. The molecule has 0 saturated heterocycles. The normalized spacial score (nSPS) is 10.7. The lowest BCUT2D eigenvalue weighted by Gasteiger charge is -2.08. The van der Waals surface area contributed by atoms with Crippen LogP contribution in [-0.4, -0.2) is 13.1 Å². The number of benzene rings is 4. The lowest BCUT2D eigenvalue weighted by atomic mass is 10.1. The Labute approximate surface area is 200 Å². The van der Waals surface area contributed by atoms with Gasteiger partial charge in [0.1, 0.15) is 29.1 Å². The van der Waals surface area contributed by atoms with Crippen LogP contribution in [0.2, 0.25) is 0 Å². The lowest BCUT2D eigenvalue weighted by Crippen LogP contribution is -2.09. The maximum absolute atomic E-state index is 12.9. The van der Waals surface area contributed by atoms with E-state index in [4.69, 9.17) is 18.6 Å². The van der Waals surface area contributed by atoms with E-state index in [2.05, 4.69) is 0 Å². The minimum atomic E-state index is -0.534. The minimum absolute atomic E-state index is 0.0629. The van der Waals surface area contributed by atoms with Gasteiger partial charge < -0.3 is 18.6 Å². The molecule has 0 unspecified atom stereocenters. The second kappa shape index (κ2) is 9.57. The first-order valence-corrected chi connectivity index (χ1v) is 10.9. The molecule has 0 amide bonds. The zero-order valence-corrected chi connectivity index (χ0v) is 18.8. The number of ether oxygens (including phenoxy) is 3. The predicted octanol–water partition coefficient (Wildman–Crippen LogP) is 6.48. The summed E-state index contributed by atoms with van der Waals surface area (Å²) in [6.45, 7) is 0. The van der Waals surface area contributed by atoms with E-state index in [1.165, 1.54) is 12.3 Å². The summed E-state index contributed by atoms with van der Waals surface area (Å²) in [5.41, 5.74) is 2.45. The summed E-state index contributed by atoms with van der Waals surface area (Å²) in [5, 5.41) is 0.313. The first-order valence-electron chi connectivity index (χ1n) is 10.9. The quantitative estimate of drug-likeness (QED) is 0.211. The van der Waals surface area contributed by atoms with E-state index in [0.717, 1.165) is 11.1 Å². The standard InChI is InChI=1S/C29H20O6/c1-32-22-11-9-21(10-12-22)29(31)35-24-15-16-25-26(17-24)33-18-27(28(25)30)34-23-13-7-20(8-14-23)19-5-3-2-4-6-19/h2-18H,1H3. The second-order valence-electron chi connectivity index (χ2n) is 7.70. The topological polar surface area (TPSA) is 75.0 Å². The fraction of sp³-hybridized carbons (Fsp3) is 0.0345.